The summed E-state index contributed by atoms with van der Waals surface area (Å²) in [7, 11) is 0. The number of nitrogens with zero attached hydrogens (tertiary/aromatic N) is 5. The fourth-order valence-corrected chi connectivity index (χ4v) is 2.90. The highest BCUT2D eigenvalue weighted by Gasteiger charge is 2.34. The normalized spacial score (nSPS) is 13.3. The molecular weight excluding hydrogens is 362 g/mol. The second-order valence-electron chi connectivity index (χ2n) is 6.98. The Hall–Kier alpha value is -3.58. The van der Waals surface area contributed by atoms with E-state index in [-0.39, 0.29) is 24.9 Å². The van der Waals surface area contributed by atoms with Crippen LogP contribution in [0.25, 0.3) is 10.4 Å². The van der Waals surface area contributed by atoms with Crippen molar-refractivity contribution < 1.29 is 19.1 Å². The molecule has 1 aliphatic heterocycles. The Morgan fingerprint density at radius 1 is 1.14 bits per heavy atom. The first-order chi connectivity index (χ1) is 13.3. The van der Waals surface area contributed by atoms with Crippen LogP contribution in [0.5, 0.6) is 0 Å². The number of ether oxygens (including phenoxy) is 1. The largest absolute Gasteiger partial charge is 0.456 e. The number of amides is 2. The number of rotatable bonds is 7. The number of esters is 1. The second-order valence-corrected chi connectivity index (χ2v) is 6.98. The van der Waals surface area contributed by atoms with Gasteiger partial charge in [-0.15, -0.1) is 0 Å². The molecule has 0 fully saturated rings. The fourth-order valence-electron chi connectivity index (χ4n) is 2.90. The van der Waals surface area contributed by atoms with Crippen molar-refractivity contribution in [2.75, 3.05) is 13.1 Å². The molecule has 1 aromatic carbocycles. The number of aromatic nitrogens is 1. The van der Waals surface area contributed by atoms with E-state index < -0.39 is 11.6 Å². The van der Waals surface area contributed by atoms with Crippen molar-refractivity contribution in [2.45, 2.75) is 26.0 Å². The summed E-state index contributed by atoms with van der Waals surface area (Å²) in [4.78, 5) is 40.9. The molecule has 3 rings (SSSR count). The summed E-state index contributed by atoms with van der Waals surface area (Å²) in [5.74, 6) is -1.17. The Labute approximate surface area is 161 Å². The lowest BCUT2D eigenvalue weighted by Gasteiger charge is -2.22. The molecule has 0 atom stereocenters. The third-order valence-electron chi connectivity index (χ3n) is 4.33. The molecule has 0 bridgehead atoms. The summed E-state index contributed by atoms with van der Waals surface area (Å²) in [6, 6.07) is 8.31. The van der Waals surface area contributed by atoms with E-state index in [1.165, 1.54) is 4.90 Å². The van der Waals surface area contributed by atoms with Gasteiger partial charge in [0.25, 0.3) is 11.8 Å². The van der Waals surface area contributed by atoms with Crippen LogP contribution < -0.4 is 0 Å². The zero-order valence-electron chi connectivity index (χ0n) is 15.5. The van der Waals surface area contributed by atoms with Crippen LogP contribution in [0.2, 0.25) is 0 Å². The van der Waals surface area contributed by atoms with E-state index in [1.54, 1.807) is 61.1 Å². The number of benzene rings is 1. The first kappa shape index (κ1) is 19.2. The van der Waals surface area contributed by atoms with Crippen LogP contribution in [0.4, 0.5) is 0 Å². The van der Waals surface area contributed by atoms with Crippen LogP contribution in [0.15, 0.2) is 47.8 Å². The third kappa shape index (κ3) is 3.89. The summed E-state index contributed by atoms with van der Waals surface area (Å²) < 4.78 is 7.07. The lowest BCUT2D eigenvalue weighted by molar-refractivity contribution is 0.00294. The van der Waals surface area contributed by atoms with Gasteiger partial charge in [0, 0.05) is 30.4 Å². The van der Waals surface area contributed by atoms with Crippen molar-refractivity contribution in [3.8, 4) is 0 Å². The standard InChI is InChI=1S/C19H19N5O4/c1-19(2,12-21-22-20)28-18(27)13-7-8-23(11-13)9-10-24-16(25)14-5-3-4-6-15(14)17(24)26/h3-8,11H,9-10,12H2,1-2H3. The van der Waals surface area contributed by atoms with Gasteiger partial charge in [0.1, 0.15) is 5.60 Å². The number of azide groups is 1. The predicted octanol–water partition coefficient (Wildman–Crippen LogP) is 3.03. The Balaban J connectivity index is 1.61. The highest BCUT2D eigenvalue weighted by atomic mass is 16.6. The molecule has 9 nitrogen and oxygen atoms in total. The Bertz CT molecular complexity index is 953. The van der Waals surface area contributed by atoms with E-state index in [2.05, 4.69) is 10.0 Å². The number of hydrogen-bond acceptors (Lipinski definition) is 5. The molecule has 144 valence electrons. The Morgan fingerprint density at radius 2 is 1.79 bits per heavy atom. The fraction of sp³-hybridized carbons (Fsp3) is 0.316. The molecule has 2 aromatic rings. The molecule has 0 saturated carbocycles. The van der Waals surface area contributed by atoms with E-state index in [4.69, 9.17) is 10.3 Å². The van der Waals surface area contributed by atoms with Gasteiger partial charge in [-0.25, -0.2) is 4.79 Å². The molecule has 0 spiro atoms. The highest BCUT2D eigenvalue weighted by Crippen LogP contribution is 2.22. The van der Waals surface area contributed by atoms with Crippen molar-refractivity contribution >= 4 is 17.8 Å². The first-order valence-corrected chi connectivity index (χ1v) is 8.67. The number of carbonyl (C=O) groups excluding carboxylic acids is 3. The molecule has 2 amide bonds. The molecule has 0 N–H and O–H groups in total. The molecule has 9 heteroatoms. The average molecular weight is 381 g/mol. The number of fused-ring (bicyclic) bond motifs is 1. The summed E-state index contributed by atoms with van der Waals surface area (Å²) in [6.07, 6.45) is 3.26. The summed E-state index contributed by atoms with van der Waals surface area (Å²) in [5, 5.41) is 3.43. The minimum absolute atomic E-state index is 0.0235. The molecule has 1 aliphatic rings. The quantitative estimate of drug-likeness (QED) is 0.241. The first-order valence-electron chi connectivity index (χ1n) is 8.67. The van der Waals surface area contributed by atoms with E-state index in [0.29, 0.717) is 23.2 Å². The molecular formula is C19H19N5O4. The van der Waals surface area contributed by atoms with Crippen LogP contribution in [0, 0.1) is 0 Å². The predicted molar refractivity (Wildman–Crippen MR) is 99.7 cm³/mol. The van der Waals surface area contributed by atoms with Crippen molar-refractivity contribution in [1.29, 1.82) is 0 Å². The lowest BCUT2D eigenvalue weighted by Crippen LogP contribution is -2.32. The topological polar surface area (TPSA) is 117 Å². The summed E-state index contributed by atoms with van der Waals surface area (Å²) >= 11 is 0. The van der Waals surface area contributed by atoms with Crippen LogP contribution in [0.1, 0.15) is 44.9 Å². The van der Waals surface area contributed by atoms with Gasteiger partial charge in [0.2, 0.25) is 0 Å². The van der Waals surface area contributed by atoms with Gasteiger partial charge in [-0.2, -0.15) is 0 Å². The molecule has 0 unspecified atom stereocenters. The average Bonchev–Trinajstić information content (AvgIpc) is 3.23. The minimum atomic E-state index is -0.925. The van der Waals surface area contributed by atoms with E-state index in [9.17, 15) is 14.4 Å². The van der Waals surface area contributed by atoms with Crippen LogP contribution >= 0.6 is 0 Å². The van der Waals surface area contributed by atoms with Gasteiger partial charge < -0.3 is 9.30 Å². The van der Waals surface area contributed by atoms with Crippen LogP contribution in [-0.4, -0.2) is 45.9 Å². The maximum atomic E-state index is 12.4. The van der Waals surface area contributed by atoms with Crippen molar-refractivity contribution in [1.82, 2.24) is 9.47 Å². The van der Waals surface area contributed by atoms with Crippen LogP contribution in [-0.2, 0) is 11.3 Å². The Kier molecular flexibility index (Phi) is 5.19. The molecule has 2 heterocycles. The van der Waals surface area contributed by atoms with Gasteiger partial charge in [-0.05, 0) is 37.6 Å². The minimum Gasteiger partial charge on any atom is -0.456 e. The van der Waals surface area contributed by atoms with Gasteiger partial charge in [0.15, 0.2) is 0 Å². The SMILES string of the molecule is CC(C)(CN=[N+]=[N-])OC(=O)c1ccn(CCN2C(=O)c3ccccc3C2=O)c1. The zero-order valence-corrected chi connectivity index (χ0v) is 15.5. The monoisotopic (exact) mass is 381 g/mol. The number of hydrogen-bond donors (Lipinski definition) is 0. The van der Waals surface area contributed by atoms with Crippen LogP contribution in [0.3, 0.4) is 0 Å². The molecule has 0 saturated heterocycles. The van der Waals surface area contributed by atoms with Gasteiger partial charge in [-0.1, -0.05) is 17.2 Å². The third-order valence-corrected chi connectivity index (χ3v) is 4.33. The van der Waals surface area contributed by atoms with E-state index >= 15 is 0 Å². The summed E-state index contributed by atoms with van der Waals surface area (Å²) in [6.45, 7) is 3.87. The second kappa shape index (κ2) is 7.58. The Morgan fingerprint density at radius 3 is 2.39 bits per heavy atom. The number of imide groups is 1. The van der Waals surface area contributed by atoms with E-state index in [1.807, 2.05) is 0 Å². The van der Waals surface area contributed by atoms with Crippen molar-refractivity contribution in [2.24, 2.45) is 5.11 Å². The van der Waals surface area contributed by atoms with E-state index in [0.717, 1.165) is 0 Å². The van der Waals surface area contributed by atoms with Gasteiger partial charge >= 0.3 is 5.97 Å². The number of carbonyl (C=O) groups is 3. The molecule has 0 aliphatic carbocycles. The summed E-state index contributed by atoms with van der Waals surface area (Å²) in [5.41, 5.74) is 8.61. The molecule has 0 radical (unpaired) electrons. The smallest absolute Gasteiger partial charge is 0.340 e. The van der Waals surface area contributed by atoms with Gasteiger partial charge in [0.05, 0.1) is 23.2 Å². The highest BCUT2D eigenvalue weighted by molar-refractivity contribution is 6.21. The van der Waals surface area contributed by atoms with Gasteiger partial charge in [-0.3, -0.25) is 14.5 Å². The van der Waals surface area contributed by atoms with Crippen molar-refractivity contribution in [3.63, 3.8) is 0 Å². The maximum absolute atomic E-state index is 12.4. The maximum Gasteiger partial charge on any atom is 0.340 e. The zero-order chi connectivity index (χ0) is 20.3. The lowest BCUT2D eigenvalue weighted by atomic mass is 10.1. The molecule has 1 aromatic heterocycles. The van der Waals surface area contributed by atoms with Crippen molar-refractivity contribution in [3.05, 3.63) is 69.9 Å². The molecule has 28 heavy (non-hydrogen) atoms.